The molecule has 3 atom stereocenters. The second-order valence-electron chi connectivity index (χ2n) is 7.87. The molecule has 3 N–H and O–H groups in total. The van der Waals surface area contributed by atoms with Crippen molar-refractivity contribution in [1.29, 1.82) is 0 Å². The van der Waals surface area contributed by atoms with E-state index >= 15 is 0 Å². The van der Waals surface area contributed by atoms with Crippen LogP contribution in [0.3, 0.4) is 0 Å². The molecule has 0 aliphatic carbocycles. The van der Waals surface area contributed by atoms with Crippen molar-refractivity contribution in [2.45, 2.75) is 77.5 Å². The molecule has 8 heteroatoms. The Bertz CT molecular complexity index is 558. The van der Waals surface area contributed by atoms with Crippen molar-refractivity contribution >= 4 is 18.0 Å². The fourth-order valence-electron chi connectivity index (χ4n) is 4.20. The number of nitrogens with zero attached hydrogens (tertiary/aromatic N) is 1. The van der Waals surface area contributed by atoms with Crippen LogP contribution in [0.2, 0.25) is 0 Å². The second kappa shape index (κ2) is 7.82. The van der Waals surface area contributed by atoms with E-state index in [1.54, 1.807) is 39.5 Å². The van der Waals surface area contributed by atoms with Crippen molar-refractivity contribution in [2.24, 2.45) is 5.92 Å². The molecule has 26 heavy (non-hydrogen) atoms. The quantitative estimate of drug-likeness (QED) is 0.628. The van der Waals surface area contributed by atoms with Crippen LogP contribution in [0.4, 0.5) is 4.79 Å². The number of alkyl carbamates (subject to hydrolysis) is 1. The van der Waals surface area contributed by atoms with Gasteiger partial charge in [-0.15, -0.1) is 0 Å². The molecular weight excluding hydrogens is 340 g/mol. The molecular formula is C18H32N2O6. The van der Waals surface area contributed by atoms with Crippen LogP contribution in [0.25, 0.3) is 0 Å². The molecule has 0 aromatic rings. The summed E-state index contributed by atoms with van der Waals surface area (Å²) in [7, 11) is 0. The van der Waals surface area contributed by atoms with Gasteiger partial charge in [0, 0.05) is 12.5 Å². The van der Waals surface area contributed by atoms with Gasteiger partial charge in [-0.05, 0) is 46.6 Å². The van der Waals surface area contributed by atoms with Gasteiger partial charge in [0.15, 0.2) is 5.54 Å². The van der Waals surface area contributed by atoms with Gasteiger partial charge in [0.2, 0.25) is 0 Å². The summed E-state index contributed by atoms with van der Waals surface area (Å²) in [6, 6.07) is 0. The van der Waals surface area contributed by atoms with Gasteiger partial charge in [-0.3, -0.25) is 9.69 Å². The number of amides is 1. The van der Waals surface area contributed by atoms with Gasteiger partial charge in [0.05, 0.1) is 0 Å². The number of carboxylic acids is 2. The SMILES string of the molecule is CCCN1C[C@@](NC(=O)OC(C)(C)C)(C(=O)O)C(CC)[C@]1(CC)C(=O)O. The van der Waals surface area contributed by atoms with Crippen LogP contribution in [0.1, 0.15) is 60.8 Å². The first-order valence-corrected chi connectivity index (χ1v) is 9.14. The minimum atomic E-state index is -1.72. The monoisotopic (exact) mass is 372 g/mol. The van der Waals surface area contributed by atoms with Crippen LogP contribution >= 0.6 is 0 Å². The molecule has 0 aromatic heterocycles. The van der Waals surface area contributed by atoms with Crippen LogP contribution in [0.15, 0.2) is 0 Å². The molecule has 0 radical (unpaired) electrons. The Kier molecular flexibility index (Phi) is 6.68. The number of rotatable bonds is 7. The Morgan fingerprint density at radius 2 is 1.73 bits per heavy atom. The summed E-state index contributed by atoms with van der Waals surface area (Å²) in [5.41, 5.74) is -3.86. The molecule has 1 aliphatic rings. The number of carbonyl (C=O) groups is 3. The van der Waals surface area contributed by atoms with E-state index in [-0.39, 0.29) is 13.0 Å². The van der Waals surface area contributed by atoms with E-state index in [2.05, 4.69) is 5.32 Å². The number of nitrogens with one attached hydrogen (secondary N) is 1. The van der Waals surface area contributed by atoms with E-state index in [1.165, 1.54) is 0 Å². The van der Waals surface area contributed by atoms with E-state index in [0.717, 1.165) is 0 Å². The number of hydrogen-bond acceptors (Lipinski definition) is 5. The number of carbonyl (C=O) groups excluding carboxylic acids is 1. The van der Waals surface area contributed by atoms with Crippen molar-refractivity contribution in [3.63, 3.8) is 0 Å². The van der Waals surface area contributed by atoms with Gasteiger partial charge < -0.3 is 20.3 Å². The molecule has 1 saturated heterocycles. The first-order valence-electron chi connectivity index (χ1n) is 9.14. The van der Waals surface area contributed by atoms with Crippen molar-refractivity contribution in [1.82, 2.24) is 10.2 Å². The maximum Gasteiger partial charge on any atom is 0.408 e. The van der Waals surface area contributed by atoms with Crippen LogP contribution in [-0.4, -0.2) is 62.9 Å². The van der Waals surface area contributed by atoms with Gasteiger partial charge >= 0.3 is 18.0 Å². The van der Waals surface area contributed by atoms with Crippen LogP contribution in [0.5, 0.6) is 0 Å². The average molecular weight is 372 g/mol. The van der Waals surface area contributed by atoms with Gasteiger partial charge in [0.1, 0.15) is 11.1 Å². The topological polar surface area (TPSA) is 116 Å². The molecule has 1 rings (SSSR count). The third-order valence-corrected chi connectivity index (χ3v) is 5.09. The van der Waals surface area contributed by atoms with Crippen LogP contribution in [-0.2, 0) is 14.3 Å². The Balaban J connectivity index is 3.44. The first kappa shape index (κ1) is 22.2. The minimum absolute atomic E-state index is 0.0753. The molecule has 8 nitrogen and oxygen atoms in total. The van der Waals surface area contributed by atoms with E-state index in [0.29, 0.717) is 19.4 Å². The molecule has 0 saturated carbocycles. The van der Waals surface area contributed by atoms with Crippen LogP contribution < -0.4 is 5.32 Å². The van der Waals surface area contributed by atoms with Crippen LogP contribution in [0, 0.1) is 5.92 Å². The zero-order chi connectivity index (χ0) is 20.3. The predicted molar refractivity (Wildman–Crippen MR) is 96.0 cm³/mol. The summed E-state index contributed by atoms with van der Waals surface area (Å²) in [5, 5.41) is 22.6. The van der Waals surface area contributed by atoms with Gasteiger partial charge in [-0.25, -0.2) is 9.59 Å². The van der Waals surface area contributed by atoms with E-state index in [4.69, 9.17) is 4.74 Å². The lowest BCUT2D eigenvalue weighted by atomic mass is 9.72. The lowest BCUT2D eigenvalue weighted by Crippen LogP contribution is -2.63. The van der Waals surface area contributed by atoms with Gasteiger partial charge in [-0.1, -0.05) is 20.8 Å². The third-order valence-electron chi connectivity index (χ3n) is 5.09. The van der Waals surface area contributed by atoms with Crippen molar-refractivity contribution in [3.05, 3.63) is 0 Å². The lowest BCUT2D eigenvalue weighted by Gasteiger charge is -2.39. The lowest BCUT2D eigenvalue weighted by molar-refractivity contribution is -0.154. The van der Waals surface area contributed by atoms with Gasteiger partial charge in [-0.2, -0.15) is 0 Å². The highest BCUT2D eigenvalue weighted by Crippen LogP contribution is 2.46. The smallest absolute Gasteiger partial charge is 0.408 e. The fourth-order valence-corrected chi connectivity index (χ4v) is 4.20. The number of ether oxygens (including phenoxy) is 1. The minimum Gasteiger partial charge on any atom is -0.480 e. The van der Waals surface area contributed by atoms with E-state index in [9.17, 15) is 24.6 Å². The highest BCUT2D eigenvalue weighted by molar-refractivity contribution is 5.90. The normalized spacial score (nSPS) is 29.4. The molecule has 0 spiro atoms. The molecule has 1 aliphatic heterocycles. The zero-order valence-corrected chi connectivity index (χ0v) is 16.6. The summed E-state index contributed by atoms with van der Waals surface area (Å²) in [4.78, 5) is 38.6. The second-order valence-corrected chi connectivity index (χ2v) is 7.87. The summed E-state index contributed by atoms with van der Waals surface area (Å²) >= 11 is 0. The van der Waals surface area contributed by atoms with E-state index < -0.39 is 40.6 Å². The Morgan fingerprint density at radius 1 is 1.15 bits per heavy atom. The maximum absolute atomic E-state index is 12.4. The number of carboxylic acid groups (broad SMARTS) is 2. The standard InChI is InChI=1S/C18H32N2O6/c1-7-10-20-11-17(13(21)22,19-15(25)26-16(4,5)6)12(8-2)18(20,9-3)14(23)24/h12H,7-11H2,1-6H3,(H,19,25)(H,21,22)(H,23,24)/t12?,17-,18+/m0/s1. The Hall–Kier alpha value is -1.83. The predicted octanol–water partition coefficient (Wildman–Crippen LogP) is 2.32. The van der Waals surface area contributed by atoms with Crippen molar-refractivity contribution in [2.75, 3.05) is 13.1 Å². The highest BCUT2D eigenvalue weighted by Gasteiger charge is 2.67. The average Bonchev–Trinajstić information content (AvgIpc) is 2.76. The molecule has 1 amide bonds. The molecule has 1 fully saturated rings. The summed E-state index contributed by atoms with van der Waals surface area (Å²) < 4.78 is 5.25. The third kappa shape index (κ3) is 3.79. The summed E-state index contributed by atoms with van der Waals surface area (Å²) in [6.07, 6.45) is 0.356. The Morgan fingerprint density at radius 3 is 2.08 bits per heavy atom. The summed E-state index contributed by atoms with van der Waals surface area (Å²) in [6.45, 7) is 10.8. The fraction of sp³-hybridized carbons (Fsp3) is 0.833. The number of likely N-dealkylation sites (tertiary alicyclic amines) is 1. The van der Waals surface area contributed by atoms with Gasteiger partial charge in [0.25, 0.3) is 0 Å². The first-order chi connectivity index (χ1) is 11.9. The molecule has 1 heterocycles. The molecule has 0 bridgehead atoms. The Labute approximate surface area is 154 Å². The maximum atomic E-state index is 12.4. The van der Waals surface area contributed by atoms with E-state index in [1.807, 2.05) is 6.92 Å². The molecule has 1 unspecified atom stereocenters. The van der Waals surface area contributed by atoms with Crippen molar-refractivity contribution < 1.29 is 29.3 Å². The largest absolute Gasteiger partial charge is 0.480 e. The zero-order valence-electron chi connectivity index (χ0n) is 16.6. The number of aliphatic carboxylic acids is 2. The van der Waals surface area contributed by atoms with Crippen molar-refractivity contribution in [3.8, 4) is 0 Å². The molecule has 0 aromatic carbocycles. The number of hydrogen-bond donors (Lipinski definition) is 3. The highest BCUT2D eigenvalue weighted by atomic mass is 16.6. The molecule has 150 valence electrons. The summed E-state index contributed by atoms with van der Waals surface area (Å²) in [5.74, 6) is -3.10.